The standard InChI is InChI=1S/C5H10N2/c1-3-4(6)2-5(3)7/h4-5H,1-2,6-7H2. The van der Waals surface area contributed by atoms with Crippen molar-refractivity contribution in [1.29, 1.82) is 0 Å². The quantitative estimate of drug-likeness (QED) is 0.405. The minimum atomic E-state index is 0.190. The van der Waals surface area contributed by atoms with Gasteiger partial charge in [0.25, 0.3) is 0 Å². The van der Waals surface area contributed by atoms with Crippen LogP contribution in [0.15, 0.2) is 12.2 Å². The highest BCUT2D eigenvalue weighted by Crippen LogP contribution is 2.20. The van der Waals surface area contributed by atoms with Gasteiger partial charge in [0, 0.05) is 12.1 Å². The van der Waals surface area contributed by atoms with Crippen molar-refractivity contribution in [2.75, 3.05) is 0 Å². The normalized spacial score (nSPS) is 40.6. The summed E-state index contributed by atoms with van der Waals surface area (Å²) >= 11 is 0. The van der Waals surface area contributed by atoms with E-state index in [0.717, 1.165) is 12.0 Å². The van der Waals surface area contributed by atoms with Gasteiger partial charge in [0.15, 0.2) is 0 Å². The van der Waals surface area contributed by atoms with Crippen molar-refractivity contribution in [3.8, 4) is 0 Å². The highest BCUT2D eigenvalue weighted by molar-refractivity contribution is 5.22. The van der Waals surface area contributed by atoms with Crippen LogP contribution in [0.4, 0.5) is 0 Å². The lowest BCUT2D eigenvalue weighted by Crippen LogP contribution is -2.47. The molecule has 0 heterocycles. The zero-order chi connectivity index (χ0) is 5.44. The van der Waals surface area contributed by atoms with E-state index in [1.807, 2.05) is 0 Å². The molecule has 0 radical (unpaired) electrons. The van der Waals surface area contributed by atoms with Gasteiger partial charge < -0.3 is 11.5 Å². The van der Waals surface area contributed by atoms with Crippen LogP contribution in [0.2, 0.25) is 0 Å². The Morgan fingerprint density at radius 3 is 1.86 bits per heavy atom. The van der Waals surface area contributed by atoms with Crippen molar-refractivity contribution in [1.82, 2.24) is 0 Å². The summed E-state index contributed by atoms with van der Waals surface area (Å²) in [5, 5.41) is 0. The lowest BCUT2D eigenvalue weighted by Gasteiger charge is -2.32. The highest BCUT2D eigenvalue weighted by Gasteiger charge is 2.26. The Kier molecular flexibility index (Phi) is 0.905. The number of nitrogens with two attached hydrogens (primary N) is 2. The first-order chi connectivity index (χ1) is 3.22. The molecule has 1 rings (SSSR count). The third kappa shape index (κ3) is 0.558. The molecule has 0 aromatic carbocycles. The van der Waals surface area contributed by atoms with Crippen molar-refractivity contribution < 1.29 is 0 Å². The monoisotopic (exact) mass is 98.1 g/mol. The maximum Gasteiger partial charge on any atom is 0.0284 e. The largest absolute Gasteiger partial charge is 0.324 e. The lowest BCUT2D eigenvalue weighted by molar-refractivity contribution is 0.483. The van der Waals surface area contributed by atoms with Gasteiger partial charge in [0.05, 0.1) is 0 Å². The fourth-order valence-electron chi connectivity index (χ4n) is 0.691. The van der Waals surface area contributed by atoms with Crippen LogP contribution < -0.4 is 11.5 Å². The second kappa shape index (κ2) is 1.32. The van der Waals surface area contributed by atoms with E-state index in [9.17, 15) is 0 Å². The van der Waals surface area contributed by atoms with Crippen molar-refractivity contribution in [3.05, 3.63) is 12.2 Å². The average Bonchev–Trinajstić information content (AvgIpc) is 1.68. The second-order valence-electron chi connectivity index (χ2n) is 2.02. The summed E-state index contributed by atoms with van der Waals surface area (Å²) in [7, 11) is 0. The van der Waals surface area contributed by atoms with E-state index in [0.29, 0.717) is 0 Å². The van der Waals surface area contributed by atoms with Gasteiger partial charge in [-0.2, -0.15) is 0 Å². The van der Waals surface area contributed by atoms with Crippen LogP contribution in [-0.2, 0) is 0 Å². The fourth-order valence-corrected chi connectivity index (χ4v) is 0.691. The van der Waals surface area contributed by atoms with Crippen LogP contribution in [0.25, 0.3) is 0 Å². The van der Waals surface area contributed by atoms with E-state index in [-0.39, 0.29) is 12.1 Å². The van der Waals surface area contributed by atoms with Crippen LogP contribution >= 0.6 is 0 Å². The Labute approximate surface area is 43.2 Å². The summed E-state index contributed by atoms with van der Waals surface area (Å²) in [6.07, 6.45) is 0.916. The average molecular weight is 98.1 g/mol. The fraction of sp³-hybridized carbons (Fsp3) is 0.600. The first kappa shape index (κ1) is 4.81. The smallest absolute Gasteiger partial charge is 0.0284 e. The molecule has 1 saturated carbocycles. The molecule has 4 N–H and O–H groups in total. The molecule has 7 heavy (non-hydrogen) atoms. The van der Waals surface area contributed by atoms with E-state index < -0.39 is 0 Å². The molecule has 1 fully saturated rings. The van der Waals surface area contributed by atoms with E-state index in [2.05, 4.69) is 6.58 Å². The van der Waals surface area contributed by atoms with Crippen molar-refractivity contribution >= 4 is 0 Å². The van der Waals surface area contributed by atoms with Gasteiger partial charge in [-0.1, -0.05) is 6.58 Å². The van der Waals surface area contributed by atoms with Crippen LogP contribution in [0.5, 0.6) is 0 Å². The van der Waals surface area contributed by atoms with Gasteiger partial charge in [0.1, 0.15) is 0 Å². The molecule has 0 aromatic rings. The van der Waals surface area contributed by atoms with Crippen molar-refractivity contribution in [2.24, 2.45) is 11.5 Å². The summed E-state index contributed by atoms with van der Waals surface area (Å²) in [4.78, 5) is 0. The molecule has 0 bridgehead atoms. The Hall–Kier alpha value is -0.340. The third-order valence-corrected chi connectivity index (χ3v) is 1.46. The minimum absolute atomic E-state index is 0.190. The van der Waals surface area contributed by atoms with E-state index >= 15 is 0 Å². The van der Waals surface area contributed by atoms with E-state index in [1.165, 1.54) is 0 Å². The molecule has 2 nitrogen and oxygen atoms in total. The van der Waals surface area contributed by atoms with Gasteiger partial charge in [-0.15, -0.1) is 0 Å². The molecule has 0 aromatic heterocycles. The van der Waals surface area contributed by atoms with Crippen LogP contribution in [0.3, 0.4) is 0 Å². The van der Waals surface area contributed by atoms with E-state index in [4.69, 9.17) is 11.5 Å². The SMILES string of the molecule is C=C1C(N)CC1N. The Bertz CT molecular complexity index is 88.3. The molecule has 0 saturated heterocycles. The zero-order valence-electron chi connectivity index (χ0n) is 4.22. The Morgan fingerprint density at radius 1 is 1.43 bits per heavy atom. The molecule has 2 heteroatoms. The number of hydrogen-bond acceptors (Lipinski definition) is 2. The maximum atomic E-state index is 5.43. The first-order valence-corrected chi connectivity index (χ1v) is 2.41. The Morgan fingerprint density at radius 2 is 1.86 bits per heavy atom. The maximum absolute atomic E-state index is 5.43. The summed E-state index contributed by atoms with van der Waals surface area (Å²) in [6, 6.07) is 0.380. The van der Waals surface area contributed by atoms with Gasteiger partial charge in [-0.3, -0.25) is 0 Å². The molecule has 1 aliphatic rings. The molecule has 0 amide bonds. The van der Waals surface area contributed by atoms with Crippen LogP contribution in [0.1, 0.15) is 6.42 Å². The molecule has 2 atom stereocenters. The van der Waals surface area contributed by atoms with E-state index in [1.54, 1.807) is 0 Å². The van der Waals surface area contributed by atoms with Crippen molar-refractivity contribution in [3.63, 3.8) is 0 Å². The minimum Gasteiger partial charge on any atom is -0.324 e. The number of rotatable bonds is 0. The van der Waals surface area contributed by atoms with Crippen molar-refractivity contribution in [2.45, 2.75) is 18.5 Å². The molecule has 0 aliphatic heterocycles. The zero-order valence-corrected chi connectivity index (χ0v) is 4.22. The molecule has 2 unspecified atom stereocenters. The molecular weight excluding hydrogens is 88.1 g/mol. The van der Waals surface area contributed by atoms with Gasteiger partial charge >= 0.3 is 0 Å². The number of hydrogen-bond donors (Lipinski definition) is 2. The second-order valence-corrected chi connectivity index (χ2v) is 2.02. The molecule has 40 valence electrons. The summed E-state index contributed by atoms with van der Waals surface area (Å²) in [5.41, 5.74) is 11.9. The van der Waals surface area contributed by atoms with Crippen LogP contribution in [0, 0.1) is 0 Å². The predicted molar refractivity (Wildman–Crippen MR) is 29.7 cm³/mol. The third-order valence-electron chi connectivity index (χ3n) is 1.46. The lowest BCUT2D eigenvalue weighted by atomic mass is 9.83. The Balaban J connectivity index is 2.44. The topological polar surface area (TPSA) is 52.0 Å². The summed E-state index contributed by atoms with van der Waals surface area (Å²) in [6.45, 7) is 3.67. The molecule has 1 aliphatic carbocycles. The first-order valence-electron chi connectivity index (χ1n) is 2.41. The predicted octanol–water partition coefficient (Wildman–Crippen LogP) is -0.399. The highest BCUT2D eigenvalue weighted by atomic mass is 14.8. The van der Waals surface area contributed by atoms with Gasteiger partial charge in [0.2, 0.25) is 0 Å². The van der Waals surface area contributed by atoms with Crippen LogP contribution in [-0.4, -0.2) is 12.1 Å². The summed E-state index contributed by atoms with van der Waals surface area (Å²) in [5.74, 6) is 0. The molecular formula is C5H10N2. The molecule has 0 spiro atoms. The summed E-state index contributed by atoms with van der Waals surface area (Å²) < 4.78 is 0. The van der Waals surface area contributed by atoms with Gasteiger partial charge in [-0.05, 0) is 12.0 Å². The van der Waals surface area contributed by atoms with Gasteiger partial charge in [-0.25, -0.2) is 0 Å².